The lowest BCUT2D eigenvalue weighted by Gasteiger charge is -2.34. The molecule has 0 radical (unpaired) electrons. The van der Waals surface area contributed by atoms with Crippen molar-refractivity contribution in [1.29, 1.82) is 0 Å². The molecule has 0 fully saturated rings. The first-order valence-electron chi connectivity index (χ1n) is 38.1. The molecule has 0 spiro atoms. The summed E-state index contributed by atoms with van der Waals surface area (Å²) in [5.74, 6) is 3.85. The predicted octanol–water partition coefficient (Wildman–Crippen LogP) is 24.7. The Morgan fingerprint density at radius 2 is 0.455 bits per heavy atom. The molecule has 16 aromatic carbocycles. The van der Waals surface area contributed by atoms with Gasteiger partial charge in [-0.3, -0.25) is 0 Å². The van der Waals surface area contributed by atoms with Crippen LogP contribution in [0.2, 0.25) is 0 Å². The van der Waals surface area contributed by atoms with E-state index in [1.165, 1.54) is 93.8 Å². The first-order valence-corrected chi connectivity index (χ1v) is 38.1. The van der Waals surface area contributed by atoms with Gasteiger partial charge in [-0.15, -0.1) is 0 Å². The largest absolute Gasteiger partial charge is 0.309 e. The van der Waals surface area contributed by atoms with Gasteiger partial charge >= 0.3 is 0 Å². The summed E-state index contributed by atoms with van der Waals surface area (Å²) in [7, 11) is 0. The molecule has 2 aliphatic carbocycles. The molecule has 112 heavy (non-hydrogen) atoms. The molecule has 8 heteroatoms. The van der Waals surface area contributed by atoms with Crippen molar-refractivity contribution in [3.63, 3.8) is 0 Å². The summed E-state index contributed by atoms with van der Waals surface area (Å²) in [5, 5.41) is 4.88. The van der Waals surface area contributed by atoms with Gasteiger partial charge in [-0.1, -0.05) is 340 Å². The highest BCUT2D eigenvalue weighted by Gasteiger charge is 2.48. The van der Waals surface area contributed by atoms with Crippen molar-refractivity contribution >= 4 is 43.6 Å². The quantitative estimate of drug-likeness (QED) is 0.121. The molecule has 0 amide bonds. The molecule has 22 rings (SSSR count). The van der Waals surface area contributed by atoms with E-state index in [0.717, 1.165) is 61.3 Å². The van der Waals surface area contributed by atoms with E-state index in [9.17, 15) is 0 Å². The third-order valence-electron chi connectivity index (χ3n) is 22.6. The standard InChI is InChI=1S/2C52H34N4/c1-5-18-35(19-6-1)49-53-50(36-20-7-2-8-21-36)55-51(54-49)37-22-17-27-40(32-37)56-47-31-16-14-29-42(47)44-33-43-41-28-13-15-30-45(41)52(46(43)34-48(44)56,38-23-9-3-10-24-38)39-25-11-4-12-26-39;1-5-17-35(18-6-1)49-53-50(36-19-7-2-8-20-36)55-51(54-49)37-29-31-40(32-30-37)56-47-28-16-14-26-42(47)44-33-43-41-25-13-15-27-45(41)52(46(43)34-48(44)56,38-21-9-3-10-22-38)39-23-11-4-12-24-39/h2*1-34H. The van der Waals surface area contributed by atoms with Crippen LogP contribution in [-0.4, -0.2) is 39.0 Å². The number of fused-ring (bicyclic) bond motifs is 12. The molecular weight excluding hydrogens is 1360 g/mol. The lowest BCUT2D eigenvalue weighted by atomic mass is 9.67. The van der Waals surface area contributed by atoms with E-state index in [-0.39, 0.29) is 0 Å². The van der Waals surface area contributed by atoms with Crippen LogP contribution < -0.4 is 0 Å². The van der Waals surface area contributed by atoms with Crippen molar-refractivity contribution in [3.05, 3.63) is 457 Å². The van der Waals surface area contributed by atoms with Crippen LogP contribution in [-0.2, 0) is 10.8 Å². The number of benzene rings is 16. The van der Waals surface area contributed by atoms with Gasteiger partial charge in [0.25, 0.3) is 0 Å². The lowest BCUT2D eigenvalue weighted by Crippen LogP contribution is -2.28. The molecule has 8 nitrogen and oxygen atoms in total. The fourth-order valence-electron chi connectivity index (χ4n) is 17.8. The van der Waals surface area contributed by atoms with Crippen molar-refractivity contribution in [2.75, 3.05) is 0 Å². The van der Waals surface area contributed by atoms with Gasteiger partial charge in [0.1, 0.15) is 0 Å². The molecule has 0 saturated carbocycles. The molecule has 0 aliphatic heterocycles. The van der Waals surface area contributed by atoms with Crippen LogP contribution in [0.15, 0.2) is 413 Å². The van der Waals surface area contributed by atoms with Crippen LogP contribution in [0.25, 0.3) is 146 Å². The highest BCUT2D eigenvalue weighted by Crippen LogP contribution is 2.60. The molecule has 0 atom stereocenters. The third kappa shape index (κ3) is 10.7. The van der Waals surface area contributed by atoms with Gasteiger partial charge < -0.3 is 9.13 Å². The predicted molar refractivity (Wildman–Crippen MR) is 456 cm³/mol. The zero-order valence-electron chi connectivity index (χ0n) is 60.8. The minimum absolute atomic E-state index is 0.487. The van der Waals surface area contributed by atoms with Crippen molar-refractivity contribution in [2.45, 2.75) is 10.8 Å². The summed E-state index contributed by atoms with van der Waals surface area (Å²) in [6.07, 6.45) is 0. The molecular formula is C104H68N8. The first-order chi connectivity index (χ1) is 55.5. The molecule has 0 bridgehead atoms. The Kier molecular flexibility index (Phi) is 15.8. The summed E-state index contributed by atoms with van der Waals surface area (Å²) in [4.78, 5) is 30.0. The topological polar surface area (TPSA) is 87.2 Å². The monoisotopic (exact) mass is 1430 g/mol. The van der Waals surface area contributed by atoms with Crippen LogP contribution >= 0.6 is 0 Å². The number of rotatable bonds is 12. The van der Waals surface area contributed by atoms with Crippen LogP contribution in [0.3, 0.4) is 0 Å². The maximum Gasteiger partial charge on any atom is 0.164 e. The summed E-state index contributed by atoms with van der Waals surface area (Å²) >= 11 is 0. The number of aromatic nitrogens is 8. The van der Waals surface area contributed by atoms with Crippen molar-refractivity contribution < 1.29 is 0 Å². The summed E-state index contributed by atoms with van der Waals surface area (Å²) in [6.45, 7) is 0. The fraction of sp³-hybridized carbons (Fsp3) is 0.0192. The zero-order valence-corrected chi connectivity index (χ0v) is 60.8. The van der Waals surface area contributed by atoms with E-state index in [1.54, 1.807) is 0 Å². The summed E-state index contributed by atoms with van der Waals surface area (Å²) in [5.41, 5.74) is 26.7. The lowest BCUT2D eigenvalue weighted by molar-refractivity contribution is 0.769. The molecule has 4 aromatic heterocycles. The van der Waals surface area contributed by atoms with E-state index < -0.39 is 10.8 Å². The Hall–Kier alpha value is -14.9. The minimum Gasteiger partial charge on any atom is -0.309 e. The van der Waals surface area contributed by atoms with Crippen LogP contribution in [0.5, 0.6) is 0 Å². The average Bonchev–Trinajstić information content (AvgIpc) is 1.53. The highest BCUT2D eigenvalue weighted by atomic mass is 15.1. The smallest absolute Gasteiger partial charge is 0.164 e. The number of hydrogen-bond acceptors (Lipinski definition) is 6. The average molecular weight is 1430 g/mol. The molecule has 0 unspecified atom stereocenters. The number of para-hydroxylation sites is 2. The van der Waals surface area contributed by atoms with Crippen molar-refractivity contribution in [3.8, 4) is 102 Å². The van der Waals surface area contributed by atoms with Crippen molar-refractivity contribution in [2.24, 2.45) is 0 Å². The van der Waals surface area contributed by atoms with E-state index in [2.05, 4.69) is 300 Å². The Bertz CT molecular complexity index is 6760. The summed E-state index contributed by atoms with van der Waals surface area (Å²) in [6, 6.07) is 147. The third-order valence-corrected chi connectivity index (χ3v) is 22.6. The van der Waals surface area contributed by atoms with E-state index in [0.29, 0.717) is 34.9 Å². The maximum atomic E-state index is 5.07. The zero-order chi connectivity index (χ0) is 74.1. The van der Waals surface area contributed by atoms with E-state index in [1.807, 2.05) is 121 Å². The van der Waals surface area contributed by atoms with E-state index >= 15 is 0 Å². The normalized spacial score (nSPS) is 12.8. The Balaban J connectivity index is 0.000000141. The Morgan fingerprint density at radius 3 is 0.821 bits per heavy atom. The molecule has 0 saturated heterocycles. The Labute approximate surface area is 648 Å². The SMILES string of the molecule is c1ccc(-c2nc(-c3ccccc3)nc(-c3ccc(-n4c5ccccc5c5cc6c(cc54)C(c4ccccc4)(c4ccccc4)c4ccccc4-6)cc3)n2)cc1.c1ccc(-c2nc(-c3ccccc3)nc(-c3cccc(-n4c5ccccc5c5cc6c(cc54)C(c4ccccc4)(c4ccccc4)c4ccccc4-6)c3)n2)cc1. The number of nitrogens with zero attached hydrogens (tertiary/aromatic N) is 8. The van der Waals surface area contributed by atoms with Gasteiger partial charge in [0.15, 0.2) is 34.9 Å². The van der Waals surface area contributed by atoms with Crippen LogP contribution in [0.1, 0.15) is 44.5 Å². The minimum atomic E-state index is -0.502. The van der Waals surface area contributed by atoms with Gasteiger partial charge in [-0.25, -0.2) is 29.9 Å². The number of hydrogen-bond donors (Lipinski definition) is 0. The van der Waals surface area contributed by atoms with Crippen molar-refractivity contribution in [1.82, 2.24) is 39.0 Å². The van der Waals surface area contributed by atoms with Gasteiger partial charge in [0.05, 0.1) is 32.9 Å². The molecule has 4 heterocycles. The van der Waals surface area contributed by atoms with Gasteiger partial charge in [-0.05, 0) is 140 Å². The van der Waals surface area contributed by atoms with Crippen LogP contribution in [0.4, 0.5) is 0 Å². The Morgan fingerprint density at radius 1 is 0.170 bits per heavy atom. The van der Waals surface area contributed by atoms with Crippen LogP contribution in [0, 0.1) is 0 Å². The van der Waals surface area contributed by atoms with Gasteiger partial charge in [0.2, 0.25) is 0 Å². The second-order valence-electron chi connectivity index (χ2n) is 28.8. The molecule has 2 aliphatic rings. The van der Waals surface area contributed by atoms with Gasteiger partial charge in [-0.2, -0.15) is 0 Å². The molecule has 0 N–H and O–H groups in total. The molecule has 524 valence electrons. The second-order valence-corrected chi connectivity index (χ2v) is 28.8. The van der Waals surface area contributed by atoms with Gasteiger partial charge in [0, 0.05) is 66.3 Å². The molecule has 20 aromatic rings. The maximum absolute atomic E-state index is 5.07. The first kappa shape index (κ1) is 65.4. The van der Waals surface area contributed by atoms with E-state index in [4.69, 9.17) is 29.9 Å². The highest BCUT2D eigenvalue weighted by molar-refractivity contribution is 6.14. The fourth-order valence-corrected chi connectivity index (χ4v) is 17.8. The second kappa shape index (κ2) is 27.1. The summed E-state index contributed by atoms with van der Waals surface area (Å²) < 4.78 is 4.83.